The summed E-state index contributed by atoms with van der Waals surface area (Å²) in [6, 6.07) is 9.76. The normalized spacial score (nSPS) is 10.7. The van der Waals surface area contributed by atoms with E-state index in [2.05, 4.69) is 20.8 Å². The molecule has 0 saturated carbocycles. The van der Waals surface area contributed by atoms with Crippen molar-refractivity contribution in [1.82, 2.24) is 14.8 Å². The lowest BCUT2D eigenvalue weighted by atomic mass is 10.3. The molecule has 0 aliphatic carbocycles. The zero-order chi connectivity index (χ0) is 22.5. The first-order valence-electron chi connectivity index (χ1n) is 8.74. The molecule has 0 aliphatic heterocycles. The van der Waals surface area contributed by atoms with Gasteiger partial charge in [0.1, 0.15) is 5.82 Å². The molecule has 2 amide bonds. The molecule has 0 bridgehead atoms. The highest BCUT2D eigenvalue weighted by atomic mass is 35.5. The summed E-state index contributed by atoms with van der Waals surface area (Å²) in [7, 11) is 1.71. The van der Waals surface area contributed by atoms with Crippen LogP contribution in [-0.2, 0) is 23.1 Å². The van der Waals surface area contributed by atoms with Crippen molar-refractivity contribution in [1.29, 1.82) is 0 Å². The van der Waals surface area contributed by atoms with E-state index in [0.717, 1.165) is 0 Å². The Balaban J connectivity index is 1.57. The number of carbonyl (C=O) groups excluding carboxylic acids is 2. The van der Waals surface area contributed by atoms with Crippen LogP contribution in [0.1, 0.15) is 5.82 Å². The lowest BCUT2D eigenvalue weighted by Crippen LogP contribution is -2.17. The van der Waals surface area contributed by atoms with Gasteiger partial charge in [0.2, 0.25) is 11.8 Å². The fraction of sp³-hybridized carbons (Fsp3) is 0.158. The number of carbonyl (C=O) groups is 2. The van der Waals surface area contributed by atoms with Crippen LogP contribution in [0.5, 0.6) is 0 Å². The van der Waals surface area contributed by atoms with Gasteiger partial charge in [0.15, 0.2) is 5.16 Å². The summed E-state index contributed by atoms with van der Waals surface area (Å²) in [5.41, 5.74) is 0.835. The number of hydrogen-bond acceptors (Lipinski definition) is 5. The number of anilines is 2. The molecule has 3 rings (SSSR count). The number of halogens is 4. The summed E-state index contributed by atoms with van der Waals surface area (Å²) in [4.78, 5) is 24.6. The highest BCUT2D eigenvalue weighted by molar-refractivity contribution is 7.99. The second-order valence-electron chi connectivity index (χ2n) is 6.25. The van der Waals surface area contributed by atoms with Gasteiger partial charge >= 0.3 is 0 Å². The number of nitrogens with zero attached hydrogens (tertiary/aromatic N) is 3. The van der Waals surface area contributed by atoms with E-state index in [1.54, 1.807) is 48.0 Å². The van der Waals surface area contributed by atoms with Crippen LogP contribution in [0.3, 0.4) is 0 Å². The van der Waals surface area contributed by atoms with Crippen LogP contribution in [0.4, 0.5) is 11.4 Å². The van der Waals surface area contributed by atoms with Crippen molar-refractivity contribution < 1.29 is 9.59 Å². The van der Waals surface area contributed by atoms with E-state index in [0.29, 0.717) is 37.4 Å². The van der Waals surface area contributed by atoms with E-state index >= 15 is 0 Å². The van der Waals surface area contributed by atoms with Crippen molar-refractivity contribution in [3.05, 3.63) is 62.3 Å². The Hall–Kier alpha value is -1.97. The molecule has 0 radical (unpaired) electrons. The van der Waals surface area contributed by atoms with Crippen molar-refractivity contribution >= 4 is 81.4 Å². The smallest absolute Gasteiger partial charge is 0.234 e. The van der Waals surface area contributed by atoms with Gasteiger partial charge in [0, 0.05) is 12.1 Å². The van der Waals surface area contributed by atoms with Crippen LogP contribution in [0.15, 0.2) is 41.6 Å². The molecule has 0 unspecified atom stereocenters. The summed E-state index contributed by atoms with van der Waals surface area (Å²) < 4.78 is 1.64. The van der Waals surface area contributed by atoms with Crippen LogP contribution in [0.25, 0.3) is 0 Å². The third kappa shape index (κ3) is 6.27. The minimum Gasteiger partial charge on any atom is -0.324 e. The van der Waals surface area contributed by atoms with Crippen molar-refractivity contribution in [2.24, 2.45) is 7.05 Å². The molecule has 0 atom stereocenters. The fourth-order valence-corrected chi connectivity index (χ4v) is 3.89. The van der Waals surface area contributed by atoms with Crippen LogP contribution in [0.2, 0.25) is 20.1 Å². The SMILES string of the molecule is Cn1c(CC(=O)Nc2cccc(Cl)c2Cl)nnc1SCC(=O)Nc1cc(Cl)ccc1Cl. The largest absolute Gasteiger partial charge is 0.324 e. The molecule has 7 nitrogen and oxygen atoms in total. The number of nitrogens with one attached hydrogen (secondary N) is 2. The van der Waals surface area contributed by atoms with Crippen molar-refractivity contribution in [3.63, 3.8) is 0 Å². The molecule has 0 spiro atoms. The predicted molar refractivity (Wildman–Crippen MR) is 126 cm³/mol. The van der Waals surface area contributed by atoms with Gasteiger partial charge in [-0.15, -0.1) is 10.2 Å². The van der Waals surface area contributed by atoms with Gasteiger partial charge in [0.25, 0.3) is 0 Å². The molecule has 12 heteroatoms. The summed E-state index contributed by atoms with van der Waals surface area (Å²) in [5.74, 6) is -0.118. The standard InChI is InChI=1S/C19H15Cl4N5O2S/c1-28-15(8-16(29)24-13-4-2-3-12(22)18(13)23)26-27-19(28)31-9-17(30)25-14-7-10(20)5-6-11(14)21/h2-7H,8-9H2,1H3,(H,24,29)(H,25,30). The molecule has 1 heterocycles. The van der Waals surface area contributed by atoms with E-state index in [4.69, 9.17) is 46.4 Å². The van der Waals surface area contributed by atoms with Crippen molar-refractivity contribution in [2.75, 3.05) is 16.4 Å². The summed E-state index contributed by atoms with van der Waals surface area (Å²) in [6.07, 6.45) is -0.0305. The van der Waals surface area contributed by atoms with Gasteiger partial charge in [0.05, 0.1) is 38.6 Å². The van der Waals surface area contributed by atoms with E-state index < -0.39 is 0 Å². The molecule has 0 saturated heterocycles. The zero-order valence-corrected chi connectivity index (χ0v) is 19.8. The minimum atomic E-state index is -0.329. The quantitative estimate of drug-likeness (QED) is 0.412. The van der Waals surface area contributed by atoms with E-state index in [-0.39, 0.29) is 29.0 Å². The minimum absolute atomic E-state index is 0.0305. The number of aromatic nitrogens is 3. The van der Waals surface area contributed by atoms with Gasteiger partial charge in [-0.25, -0.2) is 0 Å². The lowest BCUT2D eigenvalue weighted by molar-refractivity contribution is -0.116. The maximum absolute atomic E-state index is 12.3. The Kier molecular flexibility index (Phi) is 8.07. The summed E-state index contributed by atoms with van der Waals surface area (Å²) in [5, 5.41) is 15.4. The van der Waals surface area contributed by atoms with Crippen molar-refractivity contribution in [2.45, 2.75) is 11.6 Å². The van der Waals surface area contributed by atoms with Crippen LogP contribution in [0, 0.1) is 0 Å². The number of hydrogen-bond donors (Lipinski definition) is 2. The molecule has 31 heavy (non-hydrogen) atoms. The molecule has 162 valence electrons. The lowest BCUT2D eigenvalue weighted by Gasteiger charge is -2.09. The highest BCUT2D eigenvalue weighted by Gasteiger charge is 2.16. The van der Waals surface area contributed by atoms with E-state index in [9.17, 15) is 9.59 Å². The molecule has 2 aromatic carbocycles. The van der Waals surface area contributed by atoms with Crippen LogP contribution >= 0.6 is 58.2 Å². The van der Waals surface area contributed by atoms with Gasteiger partial charge < -0.3 is 15.2 Å². The van der Waals surface area contributed by atoms with E-state index in [1.165, 1.54) is 11.8 Å². The van der Waals surface area contributed by atoms with Gasteiger partial charge in [-0.05, 0) is 30.3 Å². The second kappa shape index (κ2) is 10.6. The first kappa shape index (κ1) is 23.7. The van der Waals surface area contributed by atoms with Gasteiger partial charge in [-0.3, -0.25) is 9.59 Å². The third-order valence-electron chi connectivity index (χ3n) is 4.00. The average Bonchev–Trinajstić information content (AvgIpc) is 3.06. The molecule has 0 fully saturated rings. The Morgan fingerprint density at radius 3 is 2.48 bits per heavy atom. The number of benzene rings is 2. The predicted octanol–water partition coefficient (Wildman–Crippen LogP) is 5.34. The topological polar surface area (TPSA) is 88.9 Å². The van der Waals surface area contributed by atoms with E-state index in [1.807, 2.05) is 0 Å². The number of amides is 2. The summed E-state index contributed by atoms with van der Waals surface area (Å²) >= 11 is 25.2. The molecular formula is C19H15Cl4N5O2S. The van der Waals surface area contributed by atoms with Gasteiger partial charge in [-0.1, -0.05) is 64.2 Å². The maximum Gasteiger partial charge on any atom is 0.234 e. The molecule has 0 aliphatic rings. The Labute approximate surface area is 202 Å². The molecule has 3 aromatic rings. The first-order valence-corrected chi connectivity index (χ1v) is 11.2. The summed E-state index contributed by atoms with van der Waals surface area (Å²) in [6.45, 7) is 0. The Morgan fingerprint density at radius 2 is 1.71 bits per heavy atom. The zero-order valence-electron chi connectivity index (χ0n) is 16.0. The Morgan fingerprint density at radius 1 is 0.968 bits per heavy atom. The second-order valence-corrected chi connectivity index (χ2v) is 8.82. The number of thioether (sulfide) groups is 1. The van der Waals surface area contributed by atoms with Crippen molar-refractivity contribution in [3.8, 4) is 0 Å². The fourth-order valence-electron chi connectivity index (χ4n) is 2.47. The highest BCUT2D eigenvalue weighted by Crippen LogP contribution is 2.29. The third-order valence-corrected chi connectivity index (χ3v) is 6.41. The maximum atomic E-state index is 12.3. The first-order chi connectivity index (χ1) is 14.7. The average molecular weight is 519 g/mol. The van der Waals surface area contributed by atoms with Gasteiger partial charge in [-0.2, -0.15) is 0 Å². The molecular weight excluding hydrogens is 504 g/mol. The van der Waals surface area contributed by atoms with Crippen LogP contribution < -0.4 is 10.6 Å². The Bertz CT molecular complexity index is 1140. The molecule has 2 N–H and O–H groups in total. The monoisotopic (exact) mass is 517 g/mol. The van der Waals surface area contributed by atoms with Crippen LogP contribution in [-0.4, -0.2) is 32.3 Å². The molecule has 1 aromatic heterocycles. The number of rotatable bonds is 7.